The fourth-order valence-corrected chi connectivity index (χ4v) is 2.63. The second-order valence-electron chi connectivity index (χ2n) is 4.72. The number of furan rings is 1. The first-order valence-corrected chi connectivity index (χ1v) is 7.54. The molecule has 23 heavy (non-hydrogen) atoms. The highest BCUT2D eigenvalue weighted by atomic mass is 32.1. The standard InChI is InChI=1S/C16H11FN2O3S/c1-9(20)12-8-23-16(18-12)19-15(21)14-7-6-13(22-14)10-2-4-11(17)5-3-10/h2-8H,1H3,(H,18,19,21). The second kappa shape index (κ2) is 6.13. The number of benzene rings is 1. The molecule has 0 bridgehead atoms. The fraction of sp³-hybridized carbons (Fsp3) is 0.0625. The van der Waals surface area contributed by atoms with Crippen molar-refractivity contribution < 1.29 is 18.4 Å². The molecule has 2 aromatic heterocycles. The lowest BCUT2D eigenvalue weighted by molar-refractivity contribution is 0.0991. The first-order valence-electron chi connectivity index (χ1n) is 6.66. The van der Waals surface area contributed by atoms with Gasteiger partial charge in [0.1, 0.15) is 17.3 Å². The number of carbonyl (C=O) groups is 2. The van der Waals surface area contributed by atoms with Crippen LogP contribution in [-0.4, -0.2) is 16.7 Å². The molecule has 1 aromatic carbocycles. The van der Waals surface area contributed by atoms with Gasteiger partial charge in [0.15, 0.2) is 16.7 Å². The normalized spacial score (nSPS) is 10.5. The second-order valence-corrected chi connectivity index (χ2v) is 5.58. The van der Waals surface area contributed by atoms with Gasteiger partial charge in [-0.25, -0.2) is 9.37 Å². The Morgan fingerprint density at radius 1 is 1.17 bits per heavy atom. The van der Waals surface area contributed by atoms with E-state index in [0.29, 0.717) is 22.1 Å². The zero-order chi connectivity index (χ0) is 16.4. The van der Waals surface area contributed by atoms with E-state index in [0.717, 1.165) is 11.3 Å². The number of nitrogens with one attached hydrogen (secondary N) is 1. The Morgan fingerprint density at radius 3 is 2.57 bits per heavy atom. The van der Waals surface area contributed by atoms with Gasteiger partial charge in [0, 0.05) is 17.9 Å². The molecule has 0 aliphatic rings. The quantitative estimate of drug-likeness (QED) is 0.734. The van der Waals surface area contributed by atoms with Gasteiger partial charge in [-0.05, 0) is 36.4 Å². The number of aromatic nitrogens is 1. The van der Waals surface area contributed by atoms with Crippen LogP contribution < -0.4 is 5.32 Å². The number of hydrogen-bond donors (Lipinski definition) is 1. The third-order valence-electron chi connectivity index (χ3n) is 3.04. The van der Waals surface area contributed by atoms with Crippen molar-refractivity contribution in [2.45, 2.75) is 6.92 Å². The Hall–Kier alpha value is -2.80. The average Bonchev–Trinajstić information content (AvgIpc) is 3.17. The Morgan fingerprint density at radius 2 is 1.91 bits per heavy atom. The Balaban J connectivity index is 1.75. The number of halogens is 1. The third-order valence-corrected chi connectivity index (χ3v) is 3.80. The van der Waals surface area contributed by atoms with Crippen LogP contribution in [0.2, 0.25) is 0 Å². The van der Waals surface area contributed by atoms with Crippen LogP contribution in [0, 0.1) is 5.82 Å². The van der Waals surface area contributed by atoms with Crippen molar-refractivity contribution >= 4 is 28.2 Å². The van der Waals surface area contributed by atoms with Crippen molar-refractivity contribution in [3.05, 3.63) is 59.0 Å². The summed E-state index contributed by atoms with van der Waals surface area (Å²) in [7, 11) is 0. The van der Waals surface area contributed by atoms with Crippen molar-refractivity contribution in [3.8, 4) is 11.3 Å². The van der Waals surface area contributed by atoms with Crippen LogP contribution in [0.15, 0.2) is 46.2 Å². The summed E-state index contributed by atoms with van der Waals surface area (Å²) in [6.07, 6.45) is 0. The molecule has 0 saturated heterocycles. The molecule has 0 unspecified atom stereocenters. The molecule has 3 rings (SSSR count). The minimum atomic E-state index is -0.470. The number of Topliss-reactive ketones (excluding diaryl/α,β-unsaturated/α-hetero) is 1. The summed E-state index contributed by atoms with van der Waals surface area (Å²) in [4.78, 5) is 27.3. The van der Waals surface area contributed by atoms with Crippen LogP contribution in [0.25, 0.3) is 11.3 Å². The Labute approximate surface area is 134 Å². The van der Waals surface area contributed by atoms with Crippen molar-refractivity contribution in [1.29, 1.82) is 0 Å². The zero-order valence-electron chi connectivity index (χ0n) is 12.0. The molecule has 3 aromatic rings. The third kappa shape index (κ3) is 3.35. The maximum Gasteiger partial charge on any atom is 0.293 e. The molecule has 1 amide bonds. The molecule has 0 aliphatic carbocycles. The van der Waals surface area contributed by atoms with E-state index in [2.05, 4.69) is 10.3 Å². The summed E-state index contributed by atoms with van der Waals surface area (Å²) in [6.45, 7) is 1.40. The summed E-state index contributed by atoms with van der Waals surface area (Å²) in [5.41, 5.74) is 0.968. The van der Waals surface area contributed by atoms with Crippen LogP contribution >= 0.6 is 11.3 Å². The lowest BCUT2D eigenvalue weighted by Crippen LogP contribution is -2.10. The summed E-state index contributed by atoms with van der Waals surface area (Å²) >= 11 is 1.16. The van der Waals surface area contributed by atoms with E-state index in [9.17, 15) is 14.0 Å². The fourth-order valence-electron chi connectivity index (χ4n) is 1.88. The van der Waals surface area contributed by atoms with E-state index >= 15 is 0 Å². The van der Waals surface area contributed by atoms with Crippen molar-refractivity contribution in [2.75, 3.05) is 5.32 Å². The van der Waals surface area contributed by atoms with Gasteiger partial charge in [-0.15, -0.1) is 11.3 Å². The predicted octanol–water partition coefficient (Wildman–Crippen LogP) is 4.00. The lowest BCUT2D eigenvalue weighted by Gasteiger charge is -1.99. The molecule has 0 spiro atoms. The molecule has 0 radical (unpaired) electrons. The maximum atomic E-state index is 12.9. The Bertz CT molecular complexity index is 868. The summed E-state index contributed by atoms with van der Waals surface area (Å²) in [6, 6.07) is 8.91. The van der Waals surface area contributed by atoms with E-state index in [1.165, 1.54) is 25.1 Å². The number of hydrogen-bond acceptors (Lipinski definition) is 5. The molecule has 5 nitrogen and oxygen atoms in total. The Kier molecular flexibility index (Phi) is 4.03. The minimum absolute atomic E-state index is 0.101. The van der Waals surface area contributed by atoms with Gasteiger partial charge in [-0.2, -0.15) is 0 Å². The van der Waals surface area contributed by atoms with Gasteiger partial charge >= 0.3 is 0 Å². The number of thiazole rings is 1. The predicted molar refractivity (Wildman–Crippen MR) is 84.2 cm³/mol. The molecule has 0 atom stereocenters. The van der Waals surface area contributed by atoms with Gasteiger partial charge in [0.25, 0.3) is 5.91 Å². The van der Waals surface area contributed by atoms with Crippen molar-refractivity contribution in [2.24, 2.45) is 0 Å². The van der Waals surface area contributed by atoms with Crippen LogP contribution in [0.5, 0.6) is 0 Å². The molecule has 0 saturated carbocycles. The number of rotatable bonds is 4. The number of amides is 1. The number of nitrogens with zero attached hydrogens (tertiary/aromatic N) is 1. The van der Waals surface area contributed by atoms with Crippen LogP contribution in [-0.2, 0) is 0 Å². The summed E-state index contributed by atoms with van der Waals surface area (Å²) in [5.74, 6) is -0.424. The first kappa shape index (κ1) is 15.1. The van der Waals surface area contributed by atoms with Gasteiger partial charge in [0.05, 0.1) is 0 Å². The molecule has 116 valence electrons. The molecule has 1 N–H and O–H groups in total. The van der Waals surface area contributed by atoms with Crippen molar-refractivity contribution in [1.82, 2.24) is 4.98 Å². The maximum absolute atomic E-state index is 12.9. The monoisotopic (exact) mass is 330 g/mol. The van der Waals surface area contributed by atoms with Gasteiger partial charge in [-0.3, -0.25) is 14.9 Å². The highest BCUT2D eigenvalue weighted by molar-refractivity contribution is 7.14. The smallest absolute Gasteiger partial charge is 0.293 e. The highest BCUT2D eigenvalue weighted by Crippen LogP contribution is 2.23. The number of ketones is 1. The first-order chi connectivity index (χ1) is 11.0. The minimum Gasteiger partial charge on any atom is -0.451 e. The zero-order valence-corrected chi connectivity index (χ0v) is 12.8. The average molecular weight is 330 g/mol. The molecule has 2 heterocycles. The highest BCUT2D eigenvalue weighted by Gasteiger charge is 2.15. The van der Waals surface area contributed by atoms with Gasteiger partial charge < -0.3 is 4.42 Å². The van der Waals surface area contributed by atoms with Crippen LogP contribution in [0.4, 0.5) is 9.52 Å². The van der Waals surface area contributed by atoms with Gasteiger partial charge in [-0.1, -0.05) is 0 Å². The number of carbonyl (C=O) groups excluding carboxylic acids is 2. The van der Waals surface area contributed by atoms with E-state index < -0.39 is 5.91 Å². The topological polar surface area (TPSA) is 72.2 Å². The lowest BCUT2D eigenvalue weighted by atomic mass is 10.2. The molecule has 7 heteroatoms. The van der Waals surface area contributed by atoms with Gasteiger partial charge in [0.2, 0.25) is 0 Å². The van der Waals surface area contributed by atoms with Crippen LogP contribution in [0.3, 0.4) is 0 Å². The molecule has 0 aliphatic heterocycles. The molecule has 0 fully saturated rings. The van der Waals surface area contributed by atoms with E-state index in [4.69, 9.17) is 4.42 Å². The largest absolute Gasteiger partial charge is 0.451 e. The van der Waals surface area contributed by atoms with E-state index in [1.54, 1.807) is 23.6 Å². The summed E-state index contributed by atoms with van der Waals surface area (Å²) in [5, 5.41) is 4.46. The summed E-state index contributed by atoms with van der Waals surface area (Å²) < 4.78 is 18.4. The molecular formula is C16H11FN2O3S. The van der Waals surface area contributed by atoms with E-state index in [-0.39, 0.29) is 17.4 Å². The SMILES string of the molecule is CC(=O)c1csc(NC(=O)c2ccc(-c3ccc(F)cc3)o2)n1. The van der Waals surface area contributed by atoms with Crippen LogP contribution in [0.1, 0.15) is 28.0 Å². The van der Waals surface area contributed by atoms with E-state index in [1.807, 2.05) is 0 Å². The molecular weight excluding hydrogens is 319 g/mol. The number of anilines is 1. The van der Waals surface area contributed by atoms with Crippen molar-refractivity contribution in [3.63, 3.8) is 0 Å².